The van der Waals surface area contributed by atoms with E-state index >= 15 is 0 Å². The summed E-state index contributed by atoms with van der Waals surface area (Å²) in [6.07, 6.45) is 0. The van der Waals surface area contributed by atoms with Gasteiger partial charge in [0.2, 0.25) is 0 Å². The van der Waals surface area contributed by atoms with Crippen LogP contribution in [0, 0.1) is 21.4 Å². The van der Waals surface area contributed by atoms with Gasteiger partial charge in [-0.25, -0.2) is 0 Å². The first-order valence-corrected chi connectivity index (χ1v) is 6.80. The fourth-order valence-corrected chi connectivity index (χ4v) is 2.19. The number of benzene rings is 2. The molecule has 1 amide bonds. The molecule has 0 bridgehead atoms. The minimum atomic E-state index is -0.979. The Balaban J connectivity index is 2.28. The maximum atomic E-state index is 12.2. The first kappa shape index (κ1) is 16.3. The number of nitro groups is 1. The van der Waals surface area contributed by atoms with E-state index in [1.165, 1.54) is 12.1 Å². The zero-order valence-corrected chi connectivity index (χ0v) is 12.4. The lowest BCUT2D eigenvalue weighted by molar-refractivity contribution is -0.383. The maximum Gasteiger partial charge on any atom is 0.292 e. The lowest BCUT2D eigenvalue weighted by Crippen LogP contribution is -2.27. The Morgan fingerprint density at radius 2 is 2.04 bits per heavy atom. The van der Waals surface area contributed by atoms with Gasteiger partial charge in [-0.2, -0.15) is 5.26 Å². The van der Waals surface area contributed by atoms with E-state index in [1.807, 2.05) is 6.07 Å². The summed E-state index contributed by atoms with van der Waals surface area (Å²) in [5.74, 6) is -0.639. The molecule has 0 spiro atoms. The Labute approximate surface area is 136 Å². The van der Waals surface area contributed by atoms with Gasteiger partial charge >= 0.3 is 0 Å². The molecule has 0 radical (unpaired) electrons. The molecule has 2 rings (SSSR count). The smallest absolute Gasteiger partial charge is 0.292 e. The summed E-state index contributed by atoms with van der Waals surface area (Å²) in [6, 6.07) is 11.2. The van der Waals surface area contributed by atoms with Crippen molar-refractivity contribution >= 4 is 28.9 Å². The molecular weight excluding hydrogens is 320 g/mol. The minimum absolute atomic E-state index is 0.0261. The highest BCUT2D eigenvalue weighted by Crippen LogP contribution is 2.24. The van der Waals surface area contributed by atoms with E-state index in [9.17, 15) is 20.2 Å². The molecule has 0 aromatic heterocycles. The maximum absolute atomic E-state index is 12.2. The number of nitrogens with two attached hydrogens (primary N) is 1. The van der Waals surface area contributed by atoms with Gasteiger partial charge in [-0.15, -0.1) is 0 Å². The SMILES string of the molecule is N#C[C@H](NC(=O)c1ccc(N)c([N+](=O)[O-])c1)c1ccccc1Cl. The highest BCUT2D eigenvalue weighted by molar-refractivity contribution is 6.31. The molecule has 1 atom stereocenters. The molecule has 0 heterocycles. The Morgan fingerprint density at radius 1 is 1.35 bits per heavy atom. The Morgan fingerprint density at radius 3 is 2.65 bits per heavy atom. The molecule has 116 valence electrons. The van der Waals surface area contributed by atoms with Crippen LogP contribution in [0.25, 0.3) is 0 Å². The van der Waals surface area contributed by atoms with Gasteiger partial charge in [-0.3, -0.25) is 14.9 Å². The second kappa shape index (κ2) is 6.77. The number of halogens is 1. The average molecular weight is 331 g/mol. The summed E-state index contributed by atoms with van der Waals surface area (Å²) in [5, 5.41) is 22.9. The van der Waals surface area contributed by atoms with Crippen LogP contribution in [0.1, 0.15) is 22.0 Å². The minimum Gasteiger partial charge on any atom is -0.393 e. The van der Waals surface area contributed by atoms with Gasteiger partial charge in [0.05, 0.1) is 11.0 Å². The van der Waals surface area contributed by atoms with Gasteiger partial charge in [-0.05, 0) is 18.2 Å². The van der Waals surface area contributed by atoms with Gasteiger partial charge in [0.25, 0.3) is 11.6 Å². The van der Waals surface area contributed by atoms with Gasteiger partial charge in [0, 0.05) is 22.2 Å². The topological polar surface area (TPSA) is 122 Å². The number of nitro benzene ring substituents is 1. The number of nitriles is 1. The molecule has 0 aliphatic carbocycles. The third-order valence-electron chi connectivity index (χ3n) is 3.11. The van der Waals surface area contributed by atoms with Crippen LogP contribution in [0.3, 0.4) is 0 Å². The Bertz CT molecular complexity index is 817. The number of nitrogens with zero attached hydrogens (tertiary/aromatic N) is 2. The van der Waals surface area contributed by atoms with Crippen molar-refractivity contribution in [1.29, 1.82) is 5.26 Å². The summed E-state index contributed by atoms with van der Waals surface area (Å²) in [7, 11) is 0. The van der Waals surface area contributed by atoms with Gasteiger partial charge in [-0.1, -0.05) is 29.8 Å². The molecule has 8 heteroatoms. The fourth-order valence-electron chi connectivity index (χ4n) is 1.95. The van der Waals surface area contributed by atoms with Crippen molar-refractivity contribution in [3.8, 4) is 6.07 Å². The second-order valence-electron chi connectivity index (χ2n) is 4.59. The van der Waals surface area contributed by atoms with E-state index < -0.39 is 16.9 Å². The molecule has 2 aromatic carbocycles. The third-order valence-corrected chi connectivity index (χ3v) is 3.45. The summed E-state index contributed by atoms with van der Waals surface area (Å²) < 4.78 is 0. The molecule has 0 saturated heterocycles. The fraction of sp³-hybridized carbons (Fsp3) is 0.0667. The quantitative estimate of drug-likeness (QED) is 0.507. The number of rotatable bonds is 4. The number of nitrogen functional groups attached to an aromatic ring is 1. The van der Waals surface area contributed by atoms with E-state index in [0.717, 1.165) is 6.07 Å². The van der Waals surface area contributed by atoms with E-state index in [4.69, 9.17) is 17.3 Å². The molecule has 0 aliphatic rings. The van der Waals surface area contributed by atoms with Gasteiger partial charge < -0.3 is 11.1 Å². The Kier molecular flexibility index (Phi) is 4.79. The molecular formula is C15H11ClN4O3. The van der Waals surface area contributed by atoms with Gasteiger partial charge in [0.1, 0.15) is 11.7 Å². The van der Waals surface area contributed by atoms with Crippen molar-refractivity contribution in [1.82, 2.24) is 5.32 Å². The van der Waals surface area contributed by atoms with Crippen LogP contribution in [0.5, 0.6) is 0 Å². The monoisotopic (exact) mass is 330 g/mol. The molecule has 0 saturated carbocycles. The van der Waals surface area contributed by atoms with E-state index in [2.05, 4.69) is 5.32 Å². The lowest BCUT2D eigenvalue weighted by atomic mass is 10.1. The normalized spacial score (nSPS) is 11.3. The molecule has 23 heavy (non-hydrogen) atoms. The first-order chi connectivity index (χ1) is 10.9. The second-order valence-corrected chi connectivity index (χ2v) is 4.99. The van der Waals surface area contributed by atoms with Crippen LogP contribution >= 0.6 is 11.6 Å². The predicted octanol–water partition coefficient (Wildman–Crippen LogP) is 2.83. The van der Waals surface area contributed by atoms with Crippen molar-refractivity contribution < 1.29 is 9.72 Å². The van der Waals surface area contributed by atoms with Gasteiger partial charge in [0.15, 0.2) is 0 Å². The largest absolute Gasteiger partial charge is 0.393 e. The predicted molar refractivity (Wildman–Crippen MR) is 84.8 cm³/mol. The zero-order chi connectivity index (χ0) is 17.0. The van der Waals surface area contributed by atoms with E-state index in [0.29, 0.717) is 10.6 Å². The number of hydrogen-bond acceptors (Lipinski definition) is 5. The number of nitrogens with one attached hydrogen (secondary N) is 1. The highest BCUT2D eigenvalue weighted by atomic mass is 35.5. The molecule has 3 N–H and O–H groups in total. The molecule has 2 aromatic rings. The summed E-state index contributed by atoms with van der Waals surface area (Å²) in [4.78, 5) is 22.4. The van der Waals surface area contributed by atoms with E-state index in [1.54, 1.807) is 24.3 Å². The third kappa shape index (κ3) is 3.56. The summed E-state index contributed by atoms with van der Waals surface area (Å²) in [5.41, 5.74) is 5.53. The average Bonchev–Trinajstić information content (AvgIpc) is 2.53. The molecule has 0 aliphatic heterocycles. The van der Waals surface area contributed by atoms with Crippen molar-refractivity contribution in [3.63, 3.8) is 0 Å². The lowest BCUT2D eigenvalue weighted by Gasteiger charge is -2.13. The molecule has 7 nitrogen and oxygen atoms in total. The highest BCUT2D eigenvalue weighted by Gasteiger charge is 2.20. The van der Waals surface area contributed by atoms with Crippen molar-refractivity contribution in [2.24, 2.45) is 0 Å². The first-order valence-electron chi connectivity index (χ1n) is 6.43. The summed E-state index contributed by atoms with van der Waals surface area (Å²) in [6.45, 7) is 0. The number of anilines is 1. The van der Waals surface area contributed by atoms with Crippen LogP contribution in [-0.2, 0) is 0 Å². The Hall–Kier alpha value is -3.11. The number of hydrogen-bond donors (Lipinski definition) is 2. The van der Waals surface area contributed by atoms with Crippen LogP contribution in [0.15, 0.2) is 42.5 Å². The summed E-state index contributed by atoms with van der Waals surface area (Å²) >= 11 is 6.01. The van der Waals surface area contributed by atoms with Crippen LogP contribution in [0.4, 0.5) is 11.4 Å². The standard InChI is InChI=1S/C15H11ClN4O3/c16-11-4-2-1-3-10(11)13(8-17)19-15(21)9-5-6-12(18)14(7-9)20(22)23/h1-7,13H,18H2,(H,19,21)/t13-/m0/s1. The van der Waals surface area contributed by atoms with E-state index in [-0.39, 0.29) is 16.9 Å². The molecule has 0 fully saturated rings. The van der Waals surface area contributed by atoms with Crippen molar-refractivity contribution in [2.45, 2.75) is 6.04 Å². The van der Waals surface area contributed by atoms with Crippen LogP contribution < -0.4 is 11.1 Å². The van der Waals surface area contributed by atoms with Crippen LogP contribution in [-0.4, -0.2) is 10.8 Å². The van der Waals surface area contributed by atoms with Crippen molar-refractivity contribution in [2.75, 3.05) is 5.73 Å². The number of carbonyl (C=O) groups excluding carboxylic acids is 1. The molecule has 0 unspecified atom stereocenters. The number of amides is 1. The number of carbonyl (C=O) groups is 1. The van der Waals surface area contributed by atoms with Crippen molar-refractivity contribution in [3.05, 3.63) is 68.7 Å². The van der Waals surface area contributed by atoms with Crippen LogP contribution in [0.2, 0.25) is 5.02 Å². The zero-order valence-electron chi connectivity index (χ0n) is 11.7.